The molecule has 4 heteroatoms. The molecule has 3 rings (SSSR count). The molecule has 0 unspecified atom stereocenters. The maximum absolute atomic E-state index is 12.4. The fourth-order valence-corrected chi connectivity index (χ4v) is 3.48. The van der Waals surface area contributed by atoms with Gasteiger partial charge in [-0.25, -0.2) is 0 Å². The van der Waals surface area contributed by atoms with E-state index < -0.39 is 0 Å². The third-order valence-corrected chi connectivity index (χ3v) is 5.05. The lowest BCUT2D eigenvalue weighted by Crippen LogP contribution is -2.30. The number of benzene rings is 1. The summed E-state index contributed by atoms with van der Waals surface area (Å²) in [6.45, 7) is 1.80. The number of carbonyl (C=O) groups excluding carboxylic acids is 1. The van der Waals surface area contributed by atoms with Crippen molar-refractivity contribution in [1.82, 2.24) is 4.90 Å². The van der Waals surface area contributed by atoms with Crippen LogP contribution in [-0.2, 0) is 11.2 Å². The van der Waals surface area contributed by atoms with Crippen molar-refractivity contribution in [2.24, 2.45) is 11.8 Å². The van der Waals surface area contributed by atoms with Crippen molar-refractivity contribution in [2.45, 2.75) is 19.3 Å². The molecule has 0 saturated carbocycles. The van der Waals surface area contributed by atoms with E-state index in [0.29, 0.717) is 28.3 Å². The zero-order valence-electron chi connectivity index (χ0n) is 11.2. The topological polar surface area (TPSA) is 20.3 Å². The van der Waals surface area contributed by atoms with E-state index in [4.69, 9.17) is 23.2 Å². The summed E-state index contributed by atoms with van der Waals surface area (Å²) in [4.78, 5) is 14.4. The zero-order valence-corrected chi connectivity index (χ0v) is 12.7. The van der Waals surface area contributed by atoms with Crippen LogP contribution in [0.3, 0.4) is 0 Å². The van der Waals surface area contributed by atoms with Crippen molar-refractivity contribution in [3.63, 3.8) is 0 Å². The van der Waals surface area contributed by atoms with E-state index in [0.717, 1.165) is 31.5 Å². The number of halogens is 2. The second kappa shape index (κ2) is 5.79. The van der Waals surface area contributed by atoms with Crippen molar-refractivity contribution in [2.75, 3.05) is 13.1 Å². The molecule has 0 spiro atoms. The number of carbonyl (C=O) groups is 1. The quantitative estimate of drug-likeness (QED) is 0.757. The normalized spacial score (nSPS) is 24.8. The maximum atomic E-state index is 12.4. The molecule has 0 aromatic heterocycles. The van der Waals surface area contributed by atoms with Gasteiger partial charge in [-0.3, -0.25) is 4.79 Å². The summed E-state index contributed by atoms with van der Waals surface area (Å²) < 4.78 is 0. The highest BCUT2D eigenvalue weighted by Gasteiger charge is 2.34. The van der Waals surface area contributed by atoms with Gasteiger partial charge in [0, 0.05) is 13.1 Å². The van der Waals surface area contributed by atoms with Crippen LogP contribution in [0, 0.1) is 11.8 Å². The fraction of sp³-hybridized carbons (Fsp3) is 0.438. The molecule has 0 bridgehead atoms. The number of rotatable bonds is 2. The lowest BCUT2D eigenvalue weighted by atomic mass is 9.86. The molecule has 1 aliphatic heterocycles. The van der Waals surface area contributed by atoms with Gasteiger partial charge in [-0.15, -0.1) is 0 Å². The second-order valence-corrected chi connectivity index (χ2v) is 6.50. The Hall–Kier alpha value is -0.990. The first kappa shape index (κ1) is 14.0. The Balaban J connectivity index is 1.64. The van der Waals surface area contributed by atoms with Crippen molar-refractivity contribution in [1.29, 1.82) is 0 Å². The fourth-order valence-electron chi connectivity index (χ4n) is 3.15. The van der Waals surface area contributed by atoms with Gasteiger partial charge in [0.1, 0.15) is 0 Å². The summed E-state index contributed by atoms with van der Waals surface area (Å²) in [7, 11) is 0. The Morgan fingerprint density at radius 2 is 1.75 bits per heavy atom. The minimum absolute atomic E-state index is 0.192. The van der Waals surface area contributed by atoms with Gasteiger partial charge in [0.25, 0.3) is 0 Å². The summed E-state index contributed by atoms with van der Waals surface area (Å²) >= 11 is 11.9. The first-order valence-corrected chi connectivity index (χ1v) is 7.76. The predicted octanol–water partition coefficient (Wildman–Crippen LogP) is 3.96. The Labute approximate surface area is 129 Å². The summed E-state index contributed by atoms with van der Waals surface area (Å²) in [5.74, 6) is 1.49. The average molecular weight is 310 g/mol. The van der Waals surface area contributed by atoms with Gasteiger partial charge >= 0.3 is 0 Å². The number of nitrogens with zero attached hydrogens (tertiary/aromatic N) is 1. The van der Waals surface area contributed by atoms with Gasteiger partial charge in [0.15, 0.2) is 0 Å². The largest absolute Gasteiger partial charge is 0.342 e. The van der Waals surface area contributed by atoms with Gasteiger partial charge in [-0.1, -0.05) is 41.4 Å². The molecule has 1 amide bonds. The molecule has 1 fully saturated rings. The van der Waals surface area contributed by atoms with Crippen LogP contribution in [-0.4, -0.2) is 23.9 Å². The smallest absolute Gasteiger partial charge is 0.227 e. The van der Waals surface area contributed by atoms with Crippen LogP contribution in [0.5, 0.6) is 0 Å². The van der Waals surface area contributed by atoms with Crippen molar-refractivity contribution >= 4 is 29.1 Å². The van der Waals surface area contributed by atoms with E-state index in [2.05, 4.69) is 12.2 Å². The van der Waals surface area contributed by atoms with E-state index in [1.807, 2.05) is 11.0 Å². The van der Waals surface area contributed by atoms with Crippen LogP contribution in [0.25, 0.3) is 0 Å². The Bertz CT molecular complexity index is 539. The number of hydrogen-bond donors (Lipinski definition) is 0. The number of fused-ring (bicyclic) bond motifs is 1. The molecule has 1 aromatic rings. The van der Waals surface area contributed by atoms with E-state index in [9.17, 15) is 4.79 Å². The standard InChI is InChI=1S/C16H17Cl2NO/c17-14-6-5-11(7-15(14)18)8-16(20)19-9-12-3-1-2-4-13(12)10-19/h1-2,5-7,12-13H,3-4,8-10H2/t12-,13+. The van der Waals surface area contributed by atoms with Crippen LogP contribution >= 0.6 is 23.2 Å². The number of amides is 1. The summed E-state index contributed by atoms with van der Waals surface area (Å²) in [6.07, 6.45) is 7.12. The van der Waals surface area contributed by atoms with Crippen molar-refractivity contribution in [3.8, 4) is 0 Å². The third kappa shape index (κ3) is 2.87. The Morgan fingerprint density at radius 1 is 1.10 bits per heavy atom. The highest BCUT2D eigenvalue weighted by Crippen LogP contribution is 2.33. The monoisotopic (exact) mass is 309 g/mol. The molecular weight excluding hydrogens is 293 g/mol. The van der Waals surface area contributed by atoms with Crippen LogP contribution in [0.1, 0.15) is 18.4 Å². The van der Waals surface area contributed by atoms with Crippen LogP contribution in [0.15, 0.2) is 30.4 Å². The number of likely N-dealkylation sites (tertiary alicyclic amines) is 1. The molecule has 1 aromatic carbocycles. The first-order chi connectivity index (χ1) is 9.63. The summed E-state index contributed by atoms with van der Waals surface area (Å²) in [6, 6.07) is 5.41. The lowest BCUT2D eigenvalue weighted by Gasteiger charge is -2.17. The van der Waals surface area contributed by atoms with Crippen molar-refractivity contribution < 1.29 is 4.79 Å². The molecule has 1 saturated heterocycles. The molecular formula is C16H17Cl2NO. The van der Waals surface area contributed by atoms with Gasteiger partial charge in [-0.2, -0.15) is 0 Å². The summed E-state index contributed by atoms with van der Waals surface area (Å²) in [5, 5.41) is 1.04. The van der Waals surface area contributed by atoms with Gasteiger partial charge in [-0.05, 0) is 42.4 Å². The minimum Gasteiger partial charge on any atom is -0.342 e. The molecule has 1 aliphatic carbocycles. The SMILES string of the molecule is O=C(Cc1ccc(Cl)c(Cl)c1)N1C[C@H]2CC=CC[C@H]2C1. The Morgan fingerprint density at radius 3 is 2.35 bits per heavy atom. The maximum Gasteiger partial charge on any atom is 0.227 e. The zero-order chi connectivity index (χ0) is 14.1. The molecule has 2 aliphatic rings. The summed E-state index contributed by atoms with van der Waals surface area (Å²) in [5.41, 5.74) is 0.928. The molecule has 106 valence electrons. The van der Waals surface area contributed by atoms with Crippen LogP contribution in [0.4, 0.5) is 0 Å². The van der Waals surface area contributed by atoms with Gasteiger partial charge in [0.2, 0.25) is 5.91 Å². The molecule has 0 radical (unpaired) electrons. The Kier molecular flexibility index (Phi) is 4.04. The van der Waals surface area contributed by atoms with E-state index in [1.54, 1.807) is 12.1 Å². The predicted molar refractivity (Wildman–Crippen MR) is 82.1 cm³/mol. The van der Waals surface area contributed by atoms with Gasteiger partial charge in [0.05, 0.1) is 16.5 Å². The molecule has 1 heterocycles. The van der Waals surface area contributed by atoms with Crippen molar-refractivity contribution in [3.05, 3.63) is 46.0 Å². The molecule has 20 heavy (non-hydrogen) atoms. The highest BCUT2D eigenvalue weighted by atomic mass is 35.5. The number of hydrogen-bond acceptors (Lipinski definition) is 1. The minimum atomic E-state index is 0.192. The van der Waals surface area contributed by atoms with E-state index in [-0.39, 0.29) is 5.91 Å². The first-order valence-electron chi connectivity index (χ1n) is 7.00. The second-order valence-electron chi connectivity index (χ2n) is 5.69. The molecule has 2 atom stereocenters. The van der Waals surface area contributed by atoms with Crippen LogP contribution < -0.4 is 0 Å². The average Bonchev–Trinajstić information content (AvgIpc) is 2.87. The number of allylic oxidation sites excluding steroid dienone is 2. The third-order valence-electron chi connectivity index (χ3n) is 4.31. The van der Waals surface area contributed by atoms with Crippen LogP contribution in [0.2, 0.25) is 10.0 Å². The lowest BCUT2D eigenvalue weighted by molar-refractivity contribution is -0.129. The van der Waals surface area contributed by atoms with E-state index >= 15 is 0 Å². The highest BCUT2D eigenvalue weighted by molar-refractivity contribution is 6.42. The molecule has 0 N–H and O–H groups in total. The van der Waals surface area contributed by atoms with Gasteiger partial charge < -0.3 is 4.90 Å². The molecule has 2 nitrogen and oxygen atoms in total. The van der Waals surface area contributed by atoms with E-state index in [1.165, 1.54) is 0 Å².